The molecule has 0 fully saturated rings. The molecule has 8 heteroatoms. The molecular formula is C13H9Br2N3O3. The second-order valence-corrected chi connectivity index (χ2v) is 5.72. The number of hydrazone groups is 1. The molecule has 0 bridgehead atoms. The molecule has 0 aliphatic heterocycles. The van der Waals surface area contributed by atoms with Crippen molar-refractivity contribution in [3.8, 4) is 5.75 Å². The number of benzene rings is 2. The van der Waals surface area contributed by atoms with E-state index >= 15 is 0 Å². The molecule has 6 nitrogen and oxygen atoms in total. The number of phenolic OH excluding ortho intramolecular Hbond substituents is 1. The highest BCUT2D eigenvalue weighted by Gasteiger charge is 2.05. The summed E-state index contributed by atoms with van der Waals surface area (Å²) in [6.45, 7) is 0. The van der Waals surface area contributed by atoms with Crippen LogP contribution in [0.25, 0.3) is 0 Å². The molecule has 0 atom stereocenters. The zero-order chi connectivity index (χ0) is 15.4. The van der Waals surface area contributed by atoms with Gasteiger partial charge >= 0.3 is 0 Å². The standard InChI is InChI=1S/C13H9Br2N3O3/c14-11-5-8(6-12(15)13(11)19)7-16-17-9-1-3-10(4-2-9)18(20)21/h1-7,17,19H/b16-7+. The zero-order valence-corrected chi connectivity index (χ0v) is 13.6. The van der Waals surface area contributed by atoms with Crippen molar-refractivity contribution in [2.45, 2.75) is 0 Å². The predicted octanol–water partition coefficient (Wildman–Crippen LogP) is 4.27. The lowest BCUT2D eigenvalue weighted by Crippen LogP contribution is -1.92. The lowest BCUT2D eigenvalue weighted by Gasteiger charge is -2.02. The van der Waals surface area contributed by atoms with Gasteiger partial charge in [-0.05, 0) is 61.7 Å². The average molecular weight is 415 g/mol. The highest BCUT2D eigenvalue weighted by Crippen LogP contribution is 2.32. The number of aromatic hydroxyl groups is 1. The molecule has 0 saturated carbocycles. The molecule has 0 saturated heterocycles. The van der Waals surface area contributed by atoms with Crippen LogP contribution < -0.4 is 5.43 Å². The van der Waals surface area contributed by atoms with Crippen molar-refractivity contribution in [2.24, 2.45) is 5.10 Å². The van der Waals surface area contributed by atoms with Gasteiger partial charge in [-0.1, -0.05) is 0 Å². The molecule has 0 spiro atoms. The largest absolute Gasteiger partial charge is 0.506 e. The number of nitro groups is 1. The Hall–Kier alpha value is -1.93. The monoisotopic (exact) mass is 413 g/mol. The van der Waals surface area contributed by atoms with Crippen LogP contribution in [-0.2, 0) is 0 Å². The van der Waals surface area contributed by atoms with E-state index in [-0.39, 0.29) is 11.4 Å². The van der Waals surface area contributed by atoms with Crippen molar-refractivity contribution in [1.82, 2.24) is 0 Å². The molecular weight excluding hydrogens is 406 g/mol. The number of hydrogen-bond donors (Lipinski definition) is 2. The SMILES string of the molecule is O=[N+]([O-])c1ccc(N/N=C/c2cc(Br)c(O)c(Br)c2)cc1. The molecule has 0 unspecified atom stereocenters. The van der Waals surface area contributed by atoms with E-state index in [0.717, 1.165) is 5.56 Å². The van der Waals surface area contributed by atoms with E-state index in [1.807, 2.05) is 0 Å². The van der Waals surface area contributed by atoms with Crippen LogP contribution in [-0.4, -0.2) is 16.2 Å². The number of halogens is 2. The minimum atomic E-state index is -0.460. The van der Waals surface area contributed by atoms with Gasteiger partial charge < -0.3 is 5.11 Å². The first-order valence-corrected chi connectivity index (χ1v) is 7.27. The molecule has 0 heterocycles. The summed E-state index contributed by atoms with van der Waals surface area (Å²) in [5.74, 6) is 0.121. The van der Waals surface area contributed by atoms with Crippen molar-refractivity contribution >= 4 is 49.4 Å². The van der Waals surface area contributed by atoms with Gasteiger partial charge in [-0.2, -0.15) is 5.10 Å². The normalized spacial score (nSPS) is 10.8. The fourth-order valence-electron chi connectivity index (χ4n) is 1.50. The summed E-state index contributed by atoms with van der Waals surface area (Å²) in [4.78, 5) is 10.1. The fraction of sp³-hybridized carbons (Fsp3) is 0. The number of rotatable bonds is 4. The van der Waals surface area contributed by atoms with E-state index in [1.54, 1.807) is 30.5 Å². The van der Waals surface area contributed by atoms with Gasteiger partial charge in [0.1, 0.15) is 5.75 Å². The summed E-state index contributed by atoms with van der Waals surface area (Å²) >= 11 is 6.46. The van der Waals surface area contributed by atoms with Crippen LogP contribution in [0.15, 0.2) is 50.4 Å². The molecule has 0 aliphatic rings. The molecule has 21 heavy (non-hydrogen) atoms. The number of anilines is 1. The first-order chi connectivity index (χ1) is 9.97. The van der Waals surface area contributed by atoms with E-state index in [2.05, 4.69) is 42.4 Å². The Bertz CT molecular complexity index is 679. The summed E-state index contributed by atoms with van der Waals surface area (Å²) in [6, 6.07) is 9.34. The molecule has 2 N–H and O–H groups in total. The van der Waals surface area contributed by atoms with Gasteiger partial charge in [0, 0.05) is 12.1 Å². The van der Waals surface area contributed by atoms with Crippen LogP contribution in [0.1, 0.15) is 5.56 Å². The number of nitrogens with one attached hydrogen (secondary N) is 1. The van der Waals surface area contributed by atoms with Crippen LogP contribution in [0.4, 0.5) is 11.4 Å². The van der Waals surface area contributed by atoms with E-state index in [9.17, 15) is 15.2 Å². The van der Waals surface area contributed by atoms with Crippen LogP contribution in [0.2, 0.25) is 0 Å². The molecule has 2 aromatic carbocycles. The third kappa shape index (κ3) is 4.02. The topological polar surface area (TPSA) is 87.8 Å². The Labute approximate surface area is 136 Å². The van der Waals surface area contributed by atoms with Gasteiger partial charge in [0.2, 0.25) is 0 Å². The van der Waals surface area contributed by atoms with Crippen molar-refractivity contribution < 1.29 is 10.0 Å². The van der Waals surface area contributed by atoms with E-state index in [4.69, 9.17) is 0 Å². The molecule has 2 rings (SSSR count). The maximum absolute atomic E-state index is 10.5. The van der Waals surface area contributed by atoms with Gasteiger partial charge in [0.15, 0.2) is 0 Å². The average Bonchev–Trinajstić information content (AvgIpc) is 2.45. The van der Waals surface area contributed by atoms with Crippen LogP contribution >= 0.6 is 31.9 Å². The Morgan fingerprint density at radius 3 is 2.29 bits per heavy atom. The van der Waals surface area contributed by atoms with E-state index in [1.165, 1.54) is 12.1 Å². The zero-order valence-electron chi connectivity index (χ0n) is 10.5. The van der Waals surface area contributed by atoms with Crippen LogP contribution in [0.3, 0.4) is 0 Å². The molecule has 2 aromatic rings. The lowest BCUT2D eigenvalue weighted by atomic mass is 10.2. The molecule has 108 valence electrons. The second-order valence-electron chi connectivity index (χ2n) is 4.01. The van der Waals surface area contributed by atoms with Gasteiger partial charge in [-0.15, -0.1) is 0 Å². The quantitative estimate of drug-likeness (QED) is 0.444. The maximum Gasteiger partial charge on any atom is 0.269 e. The minimum Gasteiger partial charge on any atom is -0.506 e. The first kappa shape index (κ1) is 15.5. The number of hydrogen-bond acceptors (Lipinski definition) is 5. The molecule has 0 radical (unpaired) electrons. The van der Waals surface area contributed by atoms with Crippen molar-refractivity contribution in [3.63, 3.8) is 0 Å². The van der Waals surface area contributed by atoms with Gasteiger partial charge in [0.25, 0.3) is 5.69 Å². The fourth-order valence-corrected chi connectivity index (χ4v) is 2.72. The Balaban J connectivity index is 2.07. The first-order valence-electron chi connectivity index (χ1n) is 5.69. The van der Waals surface area contributed by atoms with Crippen LogP contribution in [0, 0.1) is 10.1 Å². The second kappa shape index (κ2) is 6.68. The van der Waals surface area contributed by atoms with E-state index < -0.39 is 4.92 Å². The number of nitro benzene ring substituents is 1. The number of nitrogens with zero attached hydrogens (tertiary/aromatic N) is 2. The Morgan fingerprint density at radius 2 is 1.76 bits per heavy atom. The lowest BCUT2D eigenvalue weighted by molar-refractivity contribution is -0.384. The van der Waals surface area contributed by atoms with Gasteiger partial charge in [-0.25, -0.2) is 0 Å². The van der Waals surface area contributed by atoms with E-state index in [0.29, 0.717) is 14.6 Å². The number of non-ortho nitro benzene ring substituents is 1. The number of phenols is 1. The highest BCUT2D eigenvalue weighted by atomic mass is 79.9. The Kier molecular flexibility index (Phi) is 4.92. The molecule has 0 aromatic heterocycles. The van der Waals surface area contributed by atoms with Crippen molar-refractivity contribution in [1.29, 1.82) is 0 Å². The predicted molar refractivity (Wildman–Crippen MR) is 87.8 cm³/mol. The summed E-state index contributed by atoms with van der Waals surface area (Å²) in [7, 11) is 0. The minimum absolute atomic E-state index is 0.0240. The Morgan fingerprint density at radius 1 is 1.19 bits per heavy atom. The smallest absolute Gasteiger partial charge is 0.269 e. The third-order valence-electron chi connectivity index (χ3n) is 2.52. The summed E-state index contributed by atoms with van der Waals surface area (Å²) in [5.41, 5.74) is 4.19. The van der Waals surface area contributed by atoms with Crippen molar-refractivity contribution in [2.75, 3.05) is 5.43 Å². The van der Waals surface area contributed by atoms with Crippen LogP contribution in [0.5, 0.6) is 5.75 Å². The maximum atomic E-state index is 10.5. The highest BCUT2D eigenvalue weighted by molar-refractivity contribution is 9.11. The van der Waals surface area contributed by atoms with Gasteiger partial charge in [-0.3, -0.25) is 15.5 Å². The summed E-state index contributed by atoms with van der Waals surface area (Å²) in [5, 5.41) is 24.2. The molecule has 0 aliphatic carbocycles. The molecule has 0 amide bonds. The van der Waals surface area contributed by atoms with Gasteiger partial charge in [0.05, 0.1) is 25.8 Å². The summed E-state index contributed by atoms with van der Waals surface area (Å²) < 4.78 is 1.10. The van der Waals surface area contributed by atoms with Crippen molar-refractivity contribution in [3.05, 3.63) is 61.0 Å². The third-order valence-corrected chi connectivity index (χ3v) is 3.73. The summed E-state index contributed by atoms with van der Waals surface area (Å²) in [6.07, 6.45) is 1.57.